The number of carbonyl (C=O) groups excluding carboxylic acids is 1. The first-order valence-electron chi connectivity index (χ1n) is 10.9. The lowest BCUT2D eigenvalue weighted by Crippen LogP contribution is -2.12. The van der Waals surface area contributed by atoms with Crippen molar-refractivity contribution in [2.75, 3.05) is 27.4 Å². The number of hydrogen-bond acceptors (Lipinski definition) is 8. The molecule has 1 heterocycles. The summed E-state index contributed by atoms with van der Waals surface area (Å²) in [6, 6.07) is 10.3. The molecule has 3 aromatic rings. The van der Waals surface area contributed by atoms with Crippen LogP contribution in [0, 0.1) is 17.0 Å². The second-order valence-corrected chi connectivity index (χ2v) is 7.33. The molecule has 10 nitrogen and oxygen atoms in total. The van der Waals surface area contributed by atoms with Crippen molar-refractivity contribution in [2.24, 2.45) is 0 Å². The molecule has 0 bridgehead atoms. The molecular formula is C25H27N3O7. The highest BCUT2D eigenvalue weighted by molar-refractivity contribution is 6.07. The van der Waals surface area contributed by atoms with Gasteiger partial charge in [0.1, 0.15) is 19.3 Å². The van der Waals surface area contributed by atoms with Gasteiger partial charge in [0.05, 0.1) is 20.8 Å². The summed E-state index contributed by atoms with van der Waals surface area (Å²) in [5.74, 6) is 2.27. The van der Waals surface area contributed by atoms with Gasteiger partial charge in [0.2, 0.25) is 0 Å². The fourth-order valence-electron chi connectivity index (χ4n) is 3.40. The van der Waals surface area contributed by atoms with E-state index >= 15 is 0 Å². The minimum atomic E-state index is -0.476. The maximum Gasteiger partial charge on any atom is 0.342 e. The number of carbonyl (C=O) groups is 1. The SMILES string of the molecule is CCOc1cc(C=CC(=O)c2ccc(OC)c(OC)c2)ccc1OCCn1c([N+](=O)[O-])cnc1C. The zero-order valence-corrected chi connectivity index (χ0v) is 20.0. The van der Waals surface area contributed by atoms with Gasteiger partial charge in [0.25, 0.3) is 0 Å². The van der Waals surface area contributed by atoms with Gasteiger partial charge in [0.15, 0.2) is 34.6 Å². The Hall–Kier alpha value is -4.34. The lowest BCUT2D eigenvalue weighted by molar-refractivity contribution is -0.392. The third-order valence-electron chi connectivity index (χ3n) is 5.16. The summed E-state index contributed by atoms with van der Waals surface area (Å²) in [4.78, 5) is 27.3. The predicted molar refractivity (Wildman–Crippen MR) is 130 cm³/mol. The smallest absolute Gasteiger partial charge is 0.342 e. The van der Waals surface area contributed by atoms with Crippen molar-refractivity contribution in [3.8, 4) is 23.0 Å². The highest BCUT2D eigenvalue weighted by Gasteiger charge is 2.17. The van der Waals surface area contributed by atoms with Crippen molar-refractivity contribution < 1.29 is 28.7 Å². The zero-order valence-electron chi connectivity index (χ0n) is 20.0. The van der Waals surface area contributed by atoms with E-state index in [0.29, 0.717) is 41.0 Å². The fraction of sp³-hybridized carbons (Fsp3) is 0.280. The number of aromatic nitrogens is 2. The van der Waals surface area contributed by atoms with Gasteiger partial charge in [-0.05, 0) is 53.8 Å². The van der Waals surface area contributed by atoms with Gasteiger partial charge < -0.3 is 29.1 Å². The minimum absolute atomic E-state index is 0.0873. The quantitative estimate of drug-likeness (QED) is 0.161. The molecule has 1 aromatic heterocycles. The molecule has 0 N–H and O–H groups in total. The number of imidazole rings is 1. The molecule has 0 aliphatic heterocycles. The Morgan fingerprint density at radius 2 is 1.80 bits per heavy atom. The zero-order chi connectivity index (χ0) is 25.4. The van der Waals surface area contributed by atoms with Crippen LogP contribution >= 0.6 is 0 Å². The van der Waals surface area contributed by atoms with Gasteiger partial charge in [-0.2, -0.15) is 0 Å². The van der Waals surface area contributed by atoms with Crippen LogP contribution in [0.4, 0.5) is 5.82 Å². The van der Waals surface area contributed by atoms with Crippen LogP contribution in [0.25, 0.3) is 6.08 Å². The third kappa shape index (κ3) is 6.17. The molecule has 0 aliphatic rings. The molecule has 35 heavy (non-hydrogen) atoms. The summed E-state index contributed by atoms with van der Waals surface area (Å²) >= 11 is 0. The molecule has 0 fully saturated rings. The summed E-state index contributed by atoms with van der Waals surface area (Å²) in [7, 11) is 3.05. The topological polar surface area (TPSA) is 115 Å². The van der Waals surface area contributed by atoms with Crippen LogP contribution in [0.2, 0.25) is 0 Å². The molecule has 0 aliphatic carbocycles. The van der Waals surface area contributed by atoms with Crippen LogP contribution in [-0.2, 0) is 6.54 Å². The van der Waals surface area contributed by atoms with E-state index in [1.807, 2.05) is 6.92 Å². The summed E-state index contributed by atoms with van der Waals surface area (Å²) in [5.41, 5.74) is 1.21. The van der Waals surface area contributed by atoms with Gasteiger partial charge >= 0.3 is 5.82 Å². The van der Waals surface area contributed by atoms with E-state index in [1.165, 1.54) is 31.1 Å². The number of ketones is 1. The molecule has 184 valence electrons. The summed E-state index contributed by atoms with van der Waals surface area (Å²) in [5, 5.41) is 11.1. The second-order valence-electron chi connectivity index (χ2n) is 7.33. The number of benzene rings is 2. The highest BCUT2D eigenvalue weighted by Crippen LogP contribution is 2.30. The number of rotatable bonds is 12. The van der Waals surface area contributed by atoms with Gasteiger partial charge in [-0.15, -0.1) is 0 Å². The first-order chi connectivity index (χ1) is 16.9. The Kier molecular flexibility index (Phi) is 8.44. The molecule has 0 atom stereocenters. The van der Waals surface area contributed by atoms with Gasteiger partial charge in [-0.25, -0.2) is 9.55 Å². The number of hydrogen-bond donors (Lipinski definition) is 0. The largest absolute Gasteiger partial charge is 0.493 e. The number of aryl methyl sites for hydroxylation is 1. The fourth-order valence-corrected chi connectivity index (χ4v) is 3.40. The maximum absolute atomic E-state index is 12.6. The van der Waals surface area contributed by atoms with Crippen molar-refractivity contribution in [3.05, 3.63) is 75.7 Å². The Balaban J connectivity index is 1.71. The monoisotopic (exact) mass is 481 g/mol. The van der Waals surface area contributed by atoms with Crippen LogP contribution in [-0.4, -0.2) is 47.7 Å². The van der Waals surface area contributed by atoms with Crippen LogP contribution in [0.5, 0.6) is 23.0 Å². The third-order valence-corrected chi connectivity index (χ3v) is 5.16. The molecule has 10 heteroatoms. The molecule has 0 amide bonds. The van der Waals surface area contributed by atoms with E-state index in [1.54, 1.807) is 49.4 Å². The van der Waals surface area contributed by atoms with Crippen molar-refractivity contribution in [1.29, 1.82) is 0 Å². The Morgan fingerprint density at radius 3 is 2.49 bits per heavy atom. The maximum atomic E-state index is 12.6. The van der Waals surface area contributed by atoms with E-state index < -0.39 is 4.92 Å². The van der Waals surface area contributed by atoms with Crippen molar-refractivity contribution in [1.82, 2.24) is 9.55 Å². The van der Waals surface area contributed by atoms with Crippen molar-refractivity contribution in [2.45, 2.75) is 20.4 Å². The number of methoxy groups -OCH3 is 2. The van der Waals surface area contributed by atoms with Crippen LogP contribution in [0.3, 0.4) is 0 Å². The molecule has 3 rings (SSSR count). The van der Waals surface area contributed by atoms with Gasteiger partial charge in [-0.3, -0.25) is 4.79 Å². The van der Waals surface area contributed by atoms with Crippen molar-refractivity contribution >= 4 is 17.7 Å². The van der Waals surface area contributed by atoms with E-state index in [0.717, 1.165) is 5.56 Å². The van der Waals surface area contributed by atoms with Crippen LogP contribution in [0.15, 0.2) is 48.7 Å². The molecule has 2 aromatic carbocycles. The van der Waals surface area contributed by atoms with Crippen LogP contribution in [0.1, 0.15) is 28.7 Å². The number of nitrogens with zero attached hydrogens (tertiary/aromatic N) is 3. The number of allylic oxidation sites excluding steroid dienone is 1. The lowest BCUT2D eigenvalue weighted by atomic mass is 10.1. The molecule has 0 saturated carbocycles. The Morgan fingerprint density at radius 1 is 1.06 bits per heavy atom. The van der Waals surface area contributed by atoms with Gasteiger partial charge in [-0.1, -0.05) is 12.1 Å². The summed E-state index contributed by atoms with van der Waals surface area (Å²) in [6.07, 6.45) is 4.38. The van der Waals surface area contributed by atoms with Crippen LogP contribution < -0.4 is 18.9 Å². The van der Waals surface area contributed by atoms with Crippen molar-refractivity contribution in [3.63, 3.8) is 0 Å². The van der Waals surface area contributed by atoms with E-state index in [9.17, 15) is 14.9 Å². The first-order valence-corrected chi connectivity index (χ1v) is 10.9. The molecule has 0 unspecified atom stereocenters. The molecule has 0 spiro atoms. The average molecular weight is 482 g/mol. The highest BCUT2D eigenvalue weighted by atomic mass is 16.6. The molecule has 0 saturated heterocycles. The van der Waals surface area contributed by atoms with E-state index in [4.69, 9.17) is 18.9 Å². The second kappa shape index (κ2) is 11.7. The number of ether oxygens (including phenoxy) is 4. The molecule has 0 radical (unpaired) electrons. The molecular weight excluding hydrogens is 454 g/mol. The lowest BCUT2D eigenvalue weighted by Gasteiger charge is -2.12. The number of nitro groups is 1. The average Bonchev–Trinajstić information content (AvgIpc) is 3.23. The predicted octanol–water partition coefficient (Wildman–Crippen LogP) is 4.49. The van der Waals surface area contributed by atoms with E-state index in [-0.39, 0.29) is 24.8 Å². The van der Waals surface area contributed by atoms with Gasteiger partial charge in [0, 0.05) is 12.5 Å². The standard InChI is InChI=1S/C25H27N3O7/c1-5-34-24-14-18(6-9-20(29)19-8-11-21(32-3)23(15-19)33-4)7-10-22(24)35-13-12-27-17(2)26-16-25(27)28(30)31/h6-11,14-16H,5,12-13H2,1-4H3. The minimum Gasteiger partial charge on any atom is -0.493 e. The summed E-state index contributed by atoms with van der Waals surface area (Å²) < 4.78 is 23.5. The normalized spacial score (nSPS) is 10.9. The first kappa shape index (κ1) is 25.3. The summed E-state index contributed by atoms with van der Waals surface area (Å²) in [6.45, 7) is 4.41. The Labute approximate surface area is 202 Å². The van der Waals surface area contributed by atoms with E-state index in [2.05, 4.69) is 4.98 Å². The Bertz CT molecular complexity index is 1230.